The van der Waals surface area contributed by atoms with Crippen molar-refractivity contribution in [3.8, 4) is 0 Å². The van der Waals surface area contributed by atoms with E-state index in [4.69, 9.17) is 9.72 Å². The molecule has 5 nitrogen and oxygen atoms in total. The molecular weight excluding hydrogens is 350 g/mol. The number of fused-ring (bicyclic) bond motifs is 1. The quantitative estimate of drug-likeness (QED) is 0.649. The number of pyridine rings is 1. The first kappa shape index (κ1) is 17.3. The zero-order valence-electron chi connectivity index (χ0n) is 16.1. The van der Waals surface area contributed by atoms with Gasteiger partial charge in [-0.2, -0.15) is 0 Å². The number of ether oxygens (including phenoxy) is 1. The first-order valence-corrected chi connectivity index (χ1v) is 10.1. The number of hydrogen-bond acceptors (Lipinski definition) is 3. The van der Waals surface area contributed by atoms with Gasteiger partial charge in [-0.05, 0) is 48.3 Å². The molecule has 0 radical (unpaired) electrons. The van der Waals surface area contributed by atoms with Crippen molar-refractivity contribution in [2.75, 3.05) is 6.54 Å². The second-order valence-corrected chi connectivity index (χ2v) is 8.11. The van der Waals surface area contributed by atoms with Gasteiger partial charge in [-0.1, -0.05) is 43.3 Å². The third-order valence-corrected chi connectivity index (χ3v) is 5.98. The van der Waals surface area contributed by atoms with E-state index in [1.54, 1.807) is 0 Å². The van der Waals surface area contributed by atoms with Gasteiger partial charge in [0.25, 0.3) is 0 Å². The standard InChI is InChI=1S/C23H25N3O2/c1-16-11-12-26(23(27)28-15-17-5-3-2-4-6-17)22(16)20-14-25-13-19(18-7-8-18)9-10-21(25)24-20/h2-6,9-10,13-14,16,18,22H,7-8,11-12,15H2,1H3/t16-,22-/m0/s1. The fourth-order valence-corrected chi connectivity index (χ4v) is 4.23. The van der Waals surface area contributed by atoms with E-state index in [1.807, 2.05) is 35.2 Å². The summed E-state index contributed by atoms with van der Waals surface area (Å²) in [6, 6.07) is 14.1. The maximum Gasteiger partial charge on any atom is 0.410 e. The number of nitrogens with zero attached hydrogens (tertiary/aromatic N) is 3. The average Bonchev–Trinajstić information content (AvgIpc) is 3.37. The molecule has 0 unspecified atom stereocenters. The summed E-state index contributed by atoms with van der Waals surface area (Å²) in [5.74, 6) is 1.07. The van der Waals surface area contributed by atoms with Crippen LogP contribution in [0.15, 0.2) is 54.9 Å². The highest BCUT2D eigenvalue weighted by Gasteiger charge is 2.38. The van der Waals surface area contributed by atoms with Crippen LogP contribution in [0.25, 0.3) is 5.65 Å². The van der Waals surface area contributed by atoms with Crippen LogP contribution in [0, 0.1) is 5.92 Å². The molecule has 0 bridgehead atoms. The molecule has 0 spiro atoms. The minimum atomic E-state index is -0.256. The van der Waals surface area contributed by atoms with E-state index in [0.29, 0.717) is 25.0 Å². The minimum Gasteiger partial charge on any atom is -0.445 e. The summed E-state index contributed by atoms with van der Waals surface area (Å²) in [7, 11) is 0. The molecule has 1 aliphatic heterocycles. The van der Waals surface area contributed by atoms with E-state index >= 15 is 0 Å². The van der Waals surface area contributed by atoms with Crippen LogP contribution in [0.1, 0.15) is 55.0 Å². The number of imidazole rings is 1. The maximum atomic E-state index is 12.8. The molecule has 2 atom stereocenters. The largest absolute Gasteiger partial charge is 0.445 e. The smallest absolute Gasteiger partial charge is 0.410 e. The van der Waals surface area contributed by atoms with Gasteiger partial charge in [-0.3, -0.25) is 4.90 Å². The van der Waals surface area contributed by atoms with E-state index in [9.17, 15) is 4.79 Å². The molecule has 1 aliphatic carbocycles. The lowest BCUT2D eigenvalue weighted by molar-refractivity contribution is 0.0883. The lowest BCUT2D eigenvalue weighted by atomic mass is 10.0. The molecule has 3 aromatic rings. The normalized spacial score (nSPS) is 22.0. The van der Waals surface area contributed by atoms with Crippen molar-refractivity contribution in [2.45, 2.75) is 44.8 Å². The zero-order valence-corrected chi connectivity index (χ0v) is 16.1. The third-order valence-electron chi connectivity index (χ3n) is 5.98. The van der Waals surface area contributed by atoms with Gasteiger partial charge in [0.1, 0.15) is 12.3 Å². The van der Waals surface area contributed by atoms with Crippen LogP contribution in [-0.4, -0.2) is 26.9 Å². The number of rotatable bonds is 4. The molecule has 5 rings (SSSR count). The SMILES string of the molecule is C[C@H]1CCN(C(=O)OCc2ccccc2)[C@@H]1c1cn2cc(C3CC3)ccc2n1. The van der Waals surface area contributed by atoms with Crippen LogP contribution in [0.2, 0.25) is 0 Å². The Morgan fingerprint density at radius 3 is 2.71 bits per heavy atom. The molecule has 5 heteroatoms. The molecule has 1 amide bonds. The molecule has 1 aromatic carbocycles. The predicted octanol–water partition coefficient (Wildman–Crippen LogP) is 4.93. The molecule has 3 heterocycles. The van der Waals surface area contributed by atoms with Crippen LogP contribution in [-0.2, 0) is 11.3 Å². The van der Waals surface area contributed by atoms with Gasteiger partial charge < -0.3 is 9.14 Å². The Kier molecular flexibility index (Phi) is 4.30. The molecule has 0 N–H and O–H groups in total. The van der Waals surface area contributed by atoms with E-state index in [0.717, 1.165) is 23.3 Å². The second-order valence-electron chi connectivity index (χ2n) is 8.11. The average molecular weight is 375 g/mol. The minimum absolute atomic E-state index is 0.0347. The fraction of sp³-hybridized carbons (Fsp3) is 0.391. The van der Waals surface area contributed by atoms with Gasteiger partial charge >= 0.3 is 6.09 Å². The highest BCUT2D eigenvalue weighted by molar-refractivity contribution is 5.69. The van der Waals surface area contributed by atoms with Gasteiger partial charge in [0, 0.05) is 18.9 Å². The number of hydrogen-bond donors (Lipinski definition) is 0. The summed E-state index contributed by atoms with van der Waals surface area (Å²) in [4.78, 5) is 19.5. The first-order valence-electron chi connectivity index (χ1n) is 10.1. The molecular formula is C23H25N3O2. The van der Waals surface area contributed by atoms with Crippen molar-refractivity contribution >= 4 is 11.7 Å². The number of amides is 1. The fourth-order valence-electron chi connectivity index (χ4n) is 4.23. The summed E-state index contributed by atoms with van der Waals surface area (Å²) in [6.45, 7) is 3.20. The summed E-state index contributed by atoms with van der Waals surface area (Å²) in [6.07, 6.45) is 7.56. The van der Waals surface area contributed by atoms with Crippen molar-refractivity contribution in [3.63, 3.8) is 0 Å². The van der Waals surface area contributed by atoms with Gasteiger partial charge in [0.05, 0.1) is 11.7 Å². The molecule has 2 aromatic heterocycles. The Labute approximate surface area is 164 Å². The van der Waals surface area contributed by atoms with E-state index in [2.05, 4.69) is 35.9 Å². The molecule has 2 fully saturated rings. The van der Waals surface area contributed by atoms with E-state index in [-0.39, 0.29) is 12.1 Å². The first-order chi connectivity index (χ1) is 13.7. The third kappa shape index (κ3) is 3.26. The van der Waals surface area contributed by atoms with Crippen molar-refractivity contribution in [1.82, 2.24) is 14.3 Å². The Hall–Kier alpha value is -2.82. The van der Waals surface area contributed by atoms with Crippen LogP contribution in [0.3, 0.4) is 0 Å². The Morgan fingerprint density at radius 2 is 1.93 bits per heavy atom. The predicted molar refractivity (Wildman–Crippen MR) is 107 cm³/mol. The topological polar surface area (TPSA) is 46.8 Å². The van der Waals surface area contributed by atoms with Crippen molar-refractivity contribution in [1.29, 1.82) is 0 Å². The highest BCUT2D eigenvalue weighted by Crippen LogP contribution is 2.41. The molecule has 1 saturated carbocycles. The number of carbonyl (C=O) groups is 1. The van der Waals surface area contributed by atoms with Crippen molar-refractivity contribution < 1.29 is 9.53 Å². The monoisotopic (exact) mass is 375 g/mol. The van der Waals surface area contributed by atoms with Gasteiger partial charge in [-0.25, -0.2) is 9.78 Å². The van der Waals surface area contributed by atoms with Gasteiger partial charge in [0.2, 0.25) is 0 Å². The number of aromatic nitrogens is 2. The van der Waals surface area contributed by atoms with Crippen LogP contribution in [0.4, 0.5) is 4.79 Å². The van der Waals surface area contributed by atoms with Crippen molar-refractivity contribution in [3.05, 3.63) is 71.7 Å². The molecule has 28 heavy (non-hydrogen) atoms. The summed E-state index contributed by atoms with van der Waals surface area (Å²) in [5.41, 5.74) is 4.28. The van der Waals surface area contributed by atoms with Crippen LogP contribution >= 0.6 is 0 Å². The van der Waals surface area contributed by atoms with Gasteiger partial charge in [0.15, 0.2) is 0 Å². The number of benzene rings is 1. The Morgan fingerprint density at radius 1 is 1.11 bits per heavy atom. The number of likely N-dealkylation sites (tertiary alicyclic amines) is 1. The Balaban J connectivity index is 1.36. The van der Waals surface area contributed by atoms with Gasteiger partial charge in [-0.15, -0.1) is 0 Å². The lowest BCUT2D eigenvalue weighted by Crippen LogP contribution is -2.32. The molecule has 2 aliphatic rings. The highest BCUT2D eigenvalue weighted by atomic mass is 16.6. The molecule has 144 valence electrons. The zero-order chi connectivity index (χ0) is 19.1. The summed E-state index contributed by atoms with van der Waals surface area (Å²) < 4.78 is 7.71. The van der Waals surface area contributed by atoms with Crippen LogP contribution < -0.4 is 0 Å². The molecule has 1 saturated heterocycles. The van der Waals surface area contributed by atoms with E-state index < -0.39 is 0 Å². The maximum absolute atomic E-state index is 12.8. The van der Waals surface area contributed by atoms with Crippen molar-refractivity contribution in [2.24, 2.45) is 5.92 Å². The lowest BCUT2D eigenvalue weighted by Gasteiger charge is -2.24. The van der Waals surface area contributed by atoms with E-state index in [1.165, 1.54) is 18.4 Å². The Bertz CT molecular complexity index is 994. The summed E-state index contributed by atoms with van der Waals surface area (Å²) >= 11 is 0. The summed E-state index contributed by atoms with van der Waals surface area (Å²) in [5, 5.41) is 0. The van der Waals surface area contributed by atoms with Crippen LogP contribution in [0.5, 0.6) is 0 Å². The second kappa shape index (κ2) is 6.97. The number of carbonyl (C=O) groups excluding carboxylic acids is 1.